The van der Waals surface area contributed by atoms with Crippen molar-refractivity contribution in [3.63, 3.8) is 0 Å². The van der Waals surface area contributed by atoms with Gasteiger partial charge in [0.15, 0.2) is 0 Å². The fraction of sp³-hybridized carbons (Fsp3) is 0.615. The maximum Gasteiger partial charge on any atom is 0.0448 e. The lowest BCUT2D eigenvalue weighted by Crippen LogP contribution is -2.26. The second-order valence-corrected chi connectivity index (χ2v) is 4.48. The molecule has 0 saturated heterocycles. The number of nitrogens with zero attached hydrogens (tertiary/aromatic N) is 1. The summed E-state index contributed by atoms with van der Waals surface area (Å²) in [5, 5.41) is 0. The number of nitrogens with two attached hydrogens (primary N) is 1. The number of pyridine rings is 1. The van der Waals surface area contributed by atoms with E-state index in [4.69, 9.17) is 5.73 Å². The molecule has 0 radical (unpaired) electrons. The Labute approximate surface area is 92.9 Å². The van der Waals surface area contributed by atoms with E-state index in [1.54, 1.807) is 0 Å². The van der Waals surface area contributed by atoms with Crippen molar-refractivity contribution >= 4 is 0 Å². The summed E-state index contributed by atoms with van der Waals surface area (Å²) in [7, 11) is 0. The Morgan fingerprint density at radius 3 is 2.80 bits per heavy atom. The predicted octanol–water partition coefficient (Wildman–Crippen LogP) is 2.70. The summed E-state index contributed by atoms with van der Waals surface area (Å²) in [5.74, 6) is 0.712. The van der Waals surface area contributed by atoms with Crippen molar-refractivity contribution < 1.29 is 0 Å². The first-order chi connectivity index (χ1) is 7.13. The standard InChI is InChI=1S/C13H22N2/c1-4-10(2)8-12(14)9-13-11(3)6-5-7-15-13/h5-7,10,12H,4,8-9,14H2,1-3H3. The maximum absolute atomic E-state index is 6.11. The molecule has 2 N–H and O–H groups in total. The Morgan fingerprint density at radius 2 is 2.20 bits per heavy atom. The van der Waals surface area contributed by atoms with Crippen LogP contribution < -0.4 is 5.73 Å². The lowest BCUT2D eigenvalue weighted by Gasteiger charge is -2.16. The number of hydrogen-bond donors (Lipinski definition) is 1. The van der Waals surface area contributed by atoms with E-state index in [0.717, 1.165) is 18.5 Å². The summed E-state index contributed by atoms with van der Waals surface area (Å²) in [5.41, 5.74) is 8.50. The topological polar surface area (TPSA) is 38.9 Å². The van der Waals surface area contributed by atoms with Crippen molar-refractivity contribution in [1.29, 1.82) is 0 Å². The third kappa shape index (κ3) is 4.00. The molecule has 0 bridgehead atoms. The van der Waals surface area contributed by atoms with Crippen molar-refractivity contribution in [3.05, 3.63) is 29.6 Å². The molecular weight excluding hydrogens is 184 g/mol. The van der Waals surface area contributed by atoms with E-state index in [2.05, 4.69) is 31.8 Å². The Hall–Kier alpha value is -0.890. The molecule has 84 valence electrons. The van der Waals surface area contributed by atoms with Gasteiger partial charge in [-0.3, -0.25) is 4.98 Å². The normalized spacial score (nSPS) is 14.9. The molecule has 0 aliphatic heterocycles. The van der Waals surface area contributed by atoms with E-state index < -0.39 is 0 Å². The summed E-state index contributed by atoms with van der Waals surface area (Å²) in [6.07, 6.45) is 5.04. The second kappa shape index (κ2) is 5.86. The van der Waals surface area contributed by atoms with Gasteiger partial charge in [-0.25, -0.2) is 0 Å². The van der Waals surface area contributed by atoms with Gasteiger partial charge in [-0.15, -0.1) is 0 Å². The Kier molecular flexibility index (Phi) is 4.76. The number of rotatable bonds is 5. The second-order valence-electron chi connectivity index (χ2n) is 4.48. The van der Waals surface area contributed by atoms with Gasteiger partial charge in [-0.2, -0.15) is 0 Å². The van der Waals surface area contributed by atoms with Crippen molar-refractivity contribution in [2.45, 2.75) is 46.1 Å². The van der Waals surface area contributed by atoms with Gasteiger partial charge in [0, 0.05) is 24.4 Å². The third-order valence-corrected chi connectivity index (χ3v) is 2.98. The van der Waals surface area contributed by atoms with Crippen LogP contribution in [0.5, 0.6) is 0 Å². The van der Waals surface area contributed by atoms with Crippen LogP contribution in [0.2, 0.25) is 0 Å². The fourth-order valence-electron chi connectivity index (χ4n) is 1.75. The molecule has 0 aliphatic rings. The average molecular weight is 206 g/mol. The zero-order valence-electron chi connectivity index (χ0n) is 10.0. The van der Waals surface area contributed by atoms with Crippen LogP contribution in [0.3, 0.4) is 0 Å². The van der Waals surface area contributed by atoms with E-state index >= 15 is 0 Å². The molecular formula is C13H22N2. The maximum atomic E-state index is 6.11. The molecule has 0 aromatic carbocycles. The molecule has 2 heteroatoms. The van der Waals surface area contributed by atoms with Crippen LogP contribution >= 0.6 is 0 Å². The highest BCUT2D eigenvalue weighted by atomic mass is 14.7. The van der Waals surface area contributed by atoms with Gasteiger partial charge < -0.3 is 5.73 Å². The van der Waals surface area contributed by atoms with Crippen molar-refractivity contribution in [2.24, 2.45) is 11.7 Å². The highest BCUT2D eigenvalue weighted by molar-refractivity contribution is 5.18. The third-order valence-electron chi connectivity index (χ3n) is 2.98. The van der Waals surface area contributed by atoms with Gasteiger partial charge in [0.1, 0.15) is 0 Å². The minimum atomic E-state index is 0.244. The average Bonchev–Trinajstić information content (AvgIpc) is 2.21. The Morgan fingerprint density at radius 1 is 1.47 bits per heavy atom. The predicted molar refractivity (Wildman–Crippen MR) is 64.7 cm³/mol. The highest BCUT2D eigenvalue weighted by Gasteiger charge is 2.10. The van der Waals surface area contributed by atoms with Crippen LogP contribution in [0, 0.1) is 12.8 Å². The van der Waals surface area contributed by atoms with E-state index in [9.17, 15) is 0 Å². The quantitative estimate of drug-likeness (QED) is 0.804. The summed E-state index contributed by atoms with van der Waals surface area (Å²) >= 11 is 0. The largest absolute Gasteiger partial charge is 0.327 e. The van der Waals surface area contributed by atoms with Gasteiger partial charge in [-0.1, -0.05) is 26.3 Å². The molecule has 1 aromatic rings. The Balaban J connectivity index is 2.51. The lowest BCUT2D eigenvalue weighted by atomic mass is 9.96. The van der Waals surface area contributed by atoms with Crippen LogP contribution in [0.1, 0.15) is 37.9 Å². The zero-order chi connectivity index (χ0) is 11.3. The highest BCUT2D eigenvalue weighted by Crippen LogP contribution is 2.13. The fourth-order valence-corrected chi connectivity index (χ4v) is 1.75. The minimum Gasteiger partial charge on any atom is -0.327 e. The molecule has 0 amide bonds. The molecule has 1 heterocycles. The molecule has 1 rings (SSSR count). The van der Waals surface area contributed by atoms with Gasteiger partial charge >= 0.3 is 0 Å². The first kappa shape index (κ1) is 12.2. The molecule has 2 atom stereocenters. The number of aryl methyl sites for hydroxylation is 1. The molecule has 2 nitrogen and oxygen atoms in total. The SMILES string of the molecule is CCC(C)CC(N)Cc1ncccc1C. The molecule has 1 aromatic heterocycles. The molecule has 0 saturated carbocycles. The van der Waals surface area contributed by atoms with Crippen LogP contribution in [0.4, 0.5) is 0 Å². The van der Waals surface area contributed by atoms with E-state index in [0.29, 0.717) is 5.92 Å². The van der Waals surface area contributed by atoms with Crippen LogP contribution in [0.15, 0.2) is 18.3 Å². The van der Waals surface area contributed by atoms with E-state index in [1.165, 1.54) is 12.0 Å². The summed E-state index contributed by atoms with van der Waals surface area (Å²) in [4.78, 5) is 4.37. The summed E-state index contributed by atoms with van der Waals surface area (Å²) in [6, 6.07) is 4.31. The smallest absolute Gasteiger partial charge is 0.0448 e. The molecule has 0 spiro atoms. The van der Waals surface area contributed by atoms with Crippen molar-refractivity contribution in [1.82, 2.24) is 4.98 Å². The Bertz CT molecular complexity index is 296. The summed E-state index contributed by atoms with van der Waals surface area (Å²) < 4.78 is 0. The molecule has 0 aliphatic carbocycles. The molecule has 15 heavy (non-hydrogen) atoms. The van der Waals surface area contributed by atoms with E-state index in [1.807, 2.05) is 12.3 Å². The van der Waals surface area contributed by atoms with Crippen LogP contribution in [-0.2, 0) is 6.42 Å². The van der Waals surface area contributed by atoms with Gasteiger partial charge in [0.05, 0.1) is 0 Å². The zero-order valence-corrected chi connectivity index (χ0v) is 10.0. The first-order valence-electron chi connectivity index (χ1n) is 5.79. The summed E-state index contributed by atoms with van der Waals surface area (Å²) in [6.45, 7) is 6.56. The van der Waals surface area contributed by atoms with Crippen LogP contribution in [0.25, 0.3) is 0 Å². The van der Waals surface area contributed by atoms with Crippen molar-refractivity contribution in [3.8, 4) is 0 Å². The van der Waals surface area contributed by atoms with E-state index in [-0.39, 0.29) is 6.04 Å². The molecule has 0 fully saturated rings. The van der Waals surface area contributed by atoms with Gasteiger partial charge in [0.25, 0.3) is 0 Å². The first-order valence-corrected chi connectivity index (χ1v) is 5.79. The minimum absolute atomic E-state index is 0.244. The monoisotopic (exact) mass is 206 g/mol. The van der Waals surface area contributed by atoms with Crippen molar-refractivity contribution in [2.75, 3.05) is 0 Å². The number of aromatic nitrogens is 1. The lowest BCUT2D eigenvalue weighted by molar-refractivity contribution is 0.448. The molecule has 2 unspecified atom stereocenters. The van der Waals surface area contributed by atoms with Crippen LogP contribution in [-0.4, -0.2) is 11.0 Å². The van der Waals surface area contributed by atoms with Gasteiger partial charge in [-0.05, 0) is 30.9 Å². The number of hydrogen-bond acceptors (Lipinski definition) is 2. The van der Waals surface area contributed by atoms with Gasteiger partial charge in [0.2, 0.25) is 0 Å².